The van der Waals surface area contributed by atoms with Crippen LogP contribution in [0.15, 0.2) is 23.4 Å². The van der Waals surface area contributed by atoms with Crippen molar-refractivity contribution in [2.45, 2.75) is 51.3 Å². The number of hydrogen-bond acceptors (Lipinski definition) is 6. The van der Waals surface area contributed by atoms with Gasteiger partial charge >= 0.3 is 0 Å². The van der Waals surface area contributed by atoms with Gasteiger partial charge in [-0.25, -0.2) is 4.98 Å². The minimum absolute atomic E-state index is 0.00671. The van der Waals surface area contributed by atoms with Crippen LogP contribution >= 0.6 is 0 Å². The van der Waals surface area contributed by atoms with Crippen LogP contribution in [0.5, 0.6) is 0 Å². The van der Waals surface area contributed by atoms with Gasteiger partial charge in [0.2, 0.25) is 0 Å². The summed E-state index contributed by atoms with van der Waals surface area (Å²) >= 11 is 0. The van der Waals surface area contributed by atoms with E-state index in [-0.39, 0.29) is 36.9 Å². The predicted octanol–water partition coefficient (Wildman–Crippen LogP) is 0.948. The van der Waals surface area contributed by atoms with Crippen molar-refractivity contribution >= 4 is 17.5 Å². The van der Waals surface area contributed by atoms with Gasteiger partial charge in [-0.05, 0) is 39.3 Å². The molecular formula is C18H24N4O4. The van der Waals surface area contributed by atoms with E-state index in [2.05, 4.69) is 20.8 Å². The van der Waals surface area contributed by atoms with E-state index >= 15 is 0 Å². The average molecular weight is 360 g/mol. The molecule has 26 heavy (non-hydrogen) atoms. The number of aromatic nitrogens is 1. The number of pyridine rings is 1. The maximum atomic E-state index is 12.6. The van der Waals surface area contributed by atoms with Crippen molar-refractivity contribution in [2.75, 3.05) is 13.2 Å². The lowest BCUT2D eigenvalue weighted by Crippen LogP contribution is -2.59. The van der Waals surface area contributed by atoms with Crippen LogP contribution < -0.4 is 10.6 Å². The normalized spacial score (nSPS) is 24.9. The Bertz CT molecular complexity index is 734. The summed E-state index contributed by atoms with van der Waals surface area (Å²) < 4.78 is 5.56. The smallest absolute Gasteiger partial charge is 0.270 e. The molecule has 2 amide bonds. The summed E-state index contributed by atoms with van der Waals surface area (Å²) in [5, 5.41) is 9.76. The van der Waals surface area contributed by atoms with E-state index in [1.54, 1.807) is 12.1 Å². The van der Waals surface area contributed by atoms with Crippen LogP contribution in [0.3, 0.4) is 0 Å². The Labute approximate surface area is 152 Å². The highest BCUT2D eigenvalue weighted by Gasteiger charge is 2.50. The van der Waals surface area contributed by atoms with Crippen LogP contribution in [-0.2, 0) is 14.4 Å². The molecule has 1 saturated heterocycles. The molecule has 2 aliphatic rings. The first kappa shape index (κ1) is 18.3. The van der Waals surface area contributed by atoms with Crippen molar-refractivity contribution in [3.63, 3.8) is 0 Å². The van der Waals surface area contributed by atoms with Crippen LogP contribution in [0.25, 0.3) is 0 Å². The largest absolute Gasteiger partial charge is 0.384 e. The molecule has 0 aliphatic carbocycles. The van der Waals surface area contributed by atoms with E-state index < -0.39 is 5.60 Å². The molecule has 1 spiro atoms. The van der Waals surface area contributed by atoms with Gasteiger partial charge in [0.1, 0.15) is 11.4 Å². The number of amides is 2. The highest BCUT2D eigenvalue weighted by Crippen LogP contribution is 2.33. The second-order valence-corrected chi connectivity index (χ2v) is 7.03. The van der Waals surface area contributed by atoms with E-state index in [4.69, 9.17) is 9.57 Å². The third-order valence-corrected chi connectivity index (χ3v) is 4.44. The molecule has 0 unspecified atom stereocenters. The molecule has 0 radical (unpaired) electrons. The molecule has 140 valence electrons. The van der Waals surface area contributed by atoms with Crippen LogP contribution in [0, 0.1) is 6.92 Å². The molecule has 2 N–H and O–H groups in total. The van der Waals surface area contributed by atoms with Crippen molar-refractivity contribution in [3.05, 3.63) is 29.6 Å². The highest BCUT2D eigenvalue weighted by molar-refractivity contribution is 6.39. The van der Waals surface area contributed by atoms with Gasteiger partial charge in [-0.2, -0.15) is 0 Å². The Morgan fingerprint density at radius 3 is 2.85 bits per heavy atom. The molecule has 1 aromatic heterocycles. The summed E-state index contributed by atoms with van der Waals surface area (Å²) in [7, 11) is 0. The quantitative estimate of drug-likeness (QED) is 0.832. The van der Waals surface area contributed by atoms with Gasteiger partial charge < -0.3 is 20.2 Å². The first-order chi connectivity index (χ1) is 12.4. The molecule has 2 atom stereocenters. The maximum Gasteiger partial charge on any atom is 0.270 e. The first-order valence-corrected chi connectivity index (χ1v) is 8.78. The summed E-state index contributed by atoms with van der Waals surface area (Å²) in [6.07, 6.45) is 0.865. The van der Waals surface area contributed by atoms with Crippen molar-refractivity contribution in [1.82, 2.24) is 15.6 Å². The number of rotatable bonds is 4. The minimum atomic E-state index is -0.860. The topological polar surface area (TPSA) is 102 Å². The molecule has 2 aliphatic heterocycles. The zero-order valence-electron chi connectivity index (χ0n) is 15.2. The van der Waals surface area contributed by atoms with Crippen molar-refractivity contribution in [3.8, 4) is 0 Å². The summed E-state index contributed by atoms with van der Waals surface area (Å²) in [4.78, 5) is 34.7. The fourth-order valence-electron chi connectivity index (χ4n) is 3.14. The number of nitrogens with one attached hydrogen (secondary N) is 2. The number of ether oxygens (including phenoxy) is 1. The van der Waals surface area contributed by atoms with Crippen molar-refractivity contribution < 1.29 is 19.2 Å². The SMILES string of the molecule is Cc1cccc(C(=O)N[C@H]2CCOC[C@]23CC(C(=O)NC(C)C)=NO3)n1. The monoisotopic (exact) mass is 360 g/mol. The van der Waals surface area contributed by atoms with Crippen LogP contribution in [-0.4, -0.2) is 53.4 Å². The molecule has 3 heterocycles. The third-order valence-electron chi connectivity index (χ3n) is 4.44. The lowest BCUT2D eigenvalue weighted by molar-refractivity contribution is -0.128. The number of carbonyl (C=O) groups is 2. The number of nitrogens with zero attached hydrogens (tertiary/aromatic N) is 2. The summed E-state index contributed by atoms with van der Waals surface area (Å²) in [5.41, 5.74) is 0.578. The van der Waals surface area contributed by atoms with E-state index in [0.717, 1.165) is 5.69 Å². The molecule has 1 aromatic rings. The van der Waals surface area contributed by atoms with Crippen LogP contribution in [0.2, 0.25) is 0 Å². The molecule has 0 saturated carbocycles. The fraction of sp³-hybridized carbons (Fsp3) is 0.556. The first-order valence-electron chi connectivity index (χ1n) is 8.78. The van der Waals surface area contributed by atoms with E-state index in [1.165, 1.54) is 0 Å². The molecular weight excluding hydrogens is 336 g/mol. The van der Waals surface area contributed by atoms with E-state index in [0.29, 0.717) is 24.4 Å². The summed E-state index contributed by atoms with van der Waals surface area (Å²) in [5.74, 6) is -0.531. The molecule has 1 fully saturated rings. The Hall–Kier alpha value is -2.48. The van der Waals surface area contributed by atoms with Gasteiger partial charge in [0.25, 0.3) is 11.8 Å². The average Bonchev–Trinajstić information content (AvgIpc) is 3.01. The minimum Gasteiger partial charge on any atom is -0.384 e. The van der Waals surface area contributed by atoms with E-state index in [1.807, 2.05) is 26.8 Å². The third kappa shape index (κ3) is 3.85. The van der Waals surface area contributed by atoms with Crippen LogP contribution in [0.4, 0.5) is 0 Å². The van der Waals surface area contributed by atoms with Gasteiger partial charge in [0.15, 0.2) is 5.60 Å². The Morgan fingerprint density at radius 2 is 2.12 bits per heavy atom. The lowest BCUT2D eigenvalue weighted by atomic mass is 9.85. The standard InChI is InChI=1S/C18H24N4O4/c1-11(2)19-17(24)14-9-18(26-22-14)10-25-8-7-15(18)21-16(23)13-6-4-5-12(3)20-13/h4-6,11,15H,7-10H2,1-3H3,(H,19,24)(H,21,23)/t15-,18+/m0/s1. The lowest BCUT2D eigenvalue weighted by Gasteiger charge is -2.38. The van der Waals surface area contributed by atoms with Crippen molar-refractivity contribution in [2.24, 2.45) is 5.16 Å². The molecule has 0 aromatic carbocycles. The van der Waals surface area contributed by atoms with Gasteiger partial charge in [-0.1, -0.05) is 11.2 Å². The van der Waals surface area contributed by atoms with Gasteiger partial charge in [0, 0.05) is 24.8 Å². The molecule has 0 bridgehead atoms. The zero-order chi connectivity index (χ0) is 18.7. The number of oxime groups is 1. The highest BCUT2D eigenvalue weighted by atomic mass is 16.7. The number of aryl methyl sites for hydroxylation is 1. The van der Waals surface area contributed by atoms with Gasteiger partial charge in [-0.15, -0.1) is 0 Å². The Balaban J connectivity index is 1.71. The molecule has 3 rings (SSSR count). The maximum absolute atomic E-state index is 12.6. The van der Waals surface area contributed by atoms with Gasteiger partial charge in [-0.3, -0.25) is 9.59 Å². The number of carbonyl (C=O) groups excluding carboxylic acids is 2. The van der Waals surface area contributed by atoms with Crippen molar-refractivity contribution in [1.29, 1.82) is 0 Å². The fourth-order valence-corrected chi connectivity index (χ4v) is 3.14. The van der Waals surface area contributed by atoms with Crippen LogP contribution in [0.1, 0.15) is 42.9 Å². The summed E-state index contributed by atoms with van der Waals surface area (Å²) in [6, 6.07) is 4.98. The zero-order valence-corrected chi connectivity index (χ0v) is 15.2. The summed E-state index contributed by atoms with van der Waals surface area (Å²) in [6.45, 7) is 6.36. The Kier molecular flexibility index (Phi) is 5.22. The Morgan fingerprint density at radius 1 is 1.31 bits per heavy atom. The van der Waals surface area contributed by atoms with Gasteiger partial charge in [0.05, 0.1) is 12.6 Å². The predicted molar refractivity (Wildman–Crippen MR) is 94.8 cm³/mol. The molecule has 8 heteroatoms. The second kappa shape index (κ2) is 7.41. The van der Waals surface area contributed by atoms with E-state index in [9.17, 15) is 9.59 Å². The second-order valence-electron chi connectivity index (χ2n) is 7.03. The molecule has 8 nitrogen and oxygen atoms in total. The number of hydrogen-bond donors (Lipinski definition) is 2.